The van der Waals surface area contributed by atoms with Crippen molar-refractivity contribution in [2.24, 2.45) is 0 Å². The molecule has 6 nitrogen and oxygen atoms in total. The van der Waals surface area contributed by atoms with Gasteiger partial charge in [0.05, 0.1) is 6.54 Å². The van der Waals surface area contributed by atoms with Crippen LogP contribution < -0.4 is 10.6 Å². The van der Waals surface area contributed by atoms with E-state index in [0.717, 1.165) is 31.1 Å². The number of urea groups is 1. The van der Waals surface area contributed by atoms with E-state index in [0.29, 0.717) is 19.5 Å². The molecule has 2 rings (SSSR count). The van der Waals surface area contributed by atoms with Crippen molar-refractivity contribution in [3.05, 3.63) is 22.4 Å². The molecule has 0 aromatic carbocycles. The summed E-state index contributed by atoms with van der Waals surface area (Å²) in [6.07, 6.45) is 0.357. The maximum absolute atomic E-state index is 12.0. The van der Waals surface area contributed by atoms with Crippen LogP contribution in [-0.2, 0) is 11.3 Å². The molecule has 1 fully saturated rings. The normalized spacial score (nSPS) is 15.8. The number of hydrogen-bond acceptors (Lipinski definition) is 4. The summed E-state index contributed by atoms with van der Waals surface area (Å²) in [5.74, 6) is 0.113. The molecule has 1 aliphatic rings. The standard InChI is InChI=1S/C14H22N4O2S/c1-17-6-8-18(9-7-17)13(19)4-5-15-14(20)16-11-12-3-2-10-21-12/h2-3,10H,4-9,11H2,1H3,(H2,15,16,20). The number of thiophene rings is 1. The highest BCUT2D eigenvalue weighted by Gasteiger charge is 2.18. The maximum atomic E-state index is 12.0. The van der Waals surface area contributed by atoms with Crippen LogP contribution in [0.3, 0.4) is 0 Å². The summed E-state index contributed by atoms with van der Waals surface area (Å²) in [7, 11) is 2.06. The average molecular weight is 310 g/mol. The zero-order valence-corrected chi connectivity index (χ0v) is 13.1. The van der Waals surface area contributed by atoms with Gasteiger partial charge in [-0.25, -0.2) is 4.79 Å². The Labute approximate surface area is 129 Å². The third-order valence-electron chi connectivity index (χ3n) is 3.48. The van der Waals surface area contributed by atoms with E-state index in [1.807, 2.05) is 22.4 Å². The quantitative estimate of drug-likeness (QED) is 0.842. The first kappa shape index (κ1) is 15.8. The second kappa shape index (κ2) is 7.99. The van der Waals surface area contributed by atoms with Gasteiger partial charge in [-0.3, -0.25) is 4.79 Å². The van der Waals surface area contributed by atoms with Gasteiger partial charge < -0.3 is 20.4 Å². The Morgan fingerprint density at radius 2 is 2.00 bits per heavy atom. The maximum Gasteiger partial charge on any atom is 0.315 e. The second-order valence-corrected chi connectivity index (χ2v) is 6.16. The van der Waals surface area contributed by atoms with E-state index in [4.69, 9.17) is 0 Å². The van der Waals surface area contributed by atoms with Gasteiger partial charge in [0, 0.05) is 44.0 Å². The topological polar surface area (TPSA) is 64.7 Å². The van der Waals surface area contributed by atoms with Crippen molar-refractivity contribution in [2.75, 3.05) is 39.8 Å². The van der Waals surface area contributed by atoms with Crippen LogP contribution in [0.15, 0.2) is 17.5 Å². The molecule has 116 valence electrons. The van der Waals surface area contributed by atoms with Gasteiger partial charge in [-0.2, -0.15) is 0 Å². The highest BCUT2D eigenvalue weighted by Crippen LogP contribution is 2.07. The monoisotopic (exact) mass is 310 g/mol. The molecule has 0 radical (unpaired) electrons. The predicted octanol–water partition coefficient (Wildman–Crippen LogP) is 0.711. The molecule has 1 aromatic heterocycles. The molecule has 1 saturated heterocycles. The Morgan fingerprint density at radius 1 is 1.24 bits per heavy atom. The molecule has 0 saturated carbocycles. The van der Waals surface area contributed by atoms with Gasteiger partial charge in [0.25, 0.3) is 0 Å². The van der Waals surface area contributed by atoms with Gasteiger partial charge >= 0.3 is 6.03 Å². The smallest absolute Gasteiger partial charge is 0.315 e. The Balaban J connectivity index is 1.58. The van der Waals surface area contributed by atoms with Crippen LogP contribution in [0.25, 0.3) is 0 Å². The SMILES string of the molecule is CN1CCN(C(=O)CCNC(=O)NCc2cccs2)CC1. The van der Waals surface area contributed by atoms with Gasteiger partial charge in [0.15, 0.2) is 0 Å². The van der Waals surface area contributed by atoms with Crippen molar-refractivity contribution in [3.63, 3.8) is 0 Å². The minimum absolute atomic E-state index is 0.113. The predicted molar refractivity (Wildman–Crippen MR) is 83.3 cm³/mol. The Bertz CT molecular complexity index is 456. The van der Waals surface area contributed by atoms with Gasteiger partial charge in [-0.05, 0) is 18.5 Å². The van der Waals surface area contributed by atoms with Crippen molar-refractivity contribution in [3.8, 4) is 0 Å². The van der Waals surface area contributed by atoms with Crippen LogP contribution in [0.2, 0.25) is 0 Å². The molecular weight excluding hydrogens is 288 g/mol. The van der Waals surface area contributed by atoms with E-state index in [1.54, 1.807) is 11.3 Å². The molecule has 21 heavy (non-hydrogen) atoms. The van der Waals surface area contributed by atoms with E-state index in [1.165, 1.54) is 0 Å². The molecule has 0 bridgehead atoms. The third kappa shape index (κ3) is 5.35. The summed E-state index contributed by atoms with van der Waals surface area (Å²) in [5.41, 5.74) is 0. The van der Waals surface area contributed by atoms with Crippen molar-refractivity contribution in [1.82, 2.24) is 20.4 Å². The molecule has 3 amide bonds. The lowest BCUT2D eigenvalue weighted by Crippen LogP contribution is -2.48. The van der Waals surface area contributed by atoms with E-state index in [-0.39, 0.29) is 11.9 Å². The number of hydrogen-bond donors (Lipinski definition) is 2. The number of nitrogens with zero attached hydrogens (tertiary/aromatic N) is 2. The first-order chi connectivity index (χ1) is 10.1. The highest BCUT2D eigenvalue weighted by atomic mass is 32.1. The van der Waals surface area contributed by atoms with Crippen molar-refractivity contribution in [2.45, 2.75) is 13.0 Å². The van der Waals surface area contributed by atoms with E-state index in [2.05, 4.69) is 22.6 Å². The first-order valence-electron chi connectivity index (χ1n) is 7.15. The summed E-state index contributed by atoms with van der Waals surface area (Å²) < 4.78 is 0. The average Bonchev–Trinajstić information content (AvgIpc) is 2.99. The number of nitrogens with one attached hydrogen (secondary N) is 2. The second-order valence-electron chi connectivity index (χ2n) is 5.12. The zero-order valence-electron chi connectivity index (χ0n) is 12.3. The summed E-state index contributed by atoms with van der Waals surface area (Å²) in [6.45, 7) is 4.29. The lowest BCUT2D eigenvalue weighted by Gasteiger charge is -2.32. The largest absolute Gasteiger partial charge is 0.340 e. The van der Waals surface area contributed by atoms with E-state index < -0.39 is 0 Å². The fourth-order valence-electron chi connectivity index (χ4n) is 2.14. The van der Waals surface area contributed by atoms with Gasteiger partial charge in [-0.15, -0.1) is 11.3 Å². The number of rotatable bonds is 5. The van der Waals surface area contributed by atoms with Crippen molar-refractivity contribution in [1.29, 1.82) is 0 Å². The van der Waals surface area contributed by atoms with Crippen LogP contribution in [0.1, 0.15) is 11.3 Å². The van der Waals surface area contributed by atoms with Gasteiger partial charge in [-0.1, -0.05) is 6.07 Å². The fraction of sp³-hybridized carbons (Fsp3) is 0.571. The molecule has 0 atom stereocenters. The lowest BCUT2D eigenvalue weighted by molar-refractivity contribution is -0.132. The van der Waals surface area contributed by atoms with Gasteiger partial charge in [0.2, 0.25) is 5.91 Å². The number of likely N-dealkylation sites (N-methyl/N-ethyl adjacent to an activating group) is 1. The highest BCUT2D eigenvalue weighted by molar-refractivity contribution is 7.09. The van der Waals surface area contributed by atoms with Crippen LogP contribution in [0, 0.1) is 0 Å². The zero-order chi connectivity index (χ0) is 15.1. The van der Waals surface area contributed by atoms with Crippen molar-refractivity contribution < 1.29 is 9.59 Å². The Hall–Kier alpha value is -1.60. The van der Waals surface area contributed by atoms with Crippen molar-refractivity contribution >= 4 is 23.3 Å². The molecular formula is C14H22N4O2S. The third-order valence-corrected chi connectivity index (χ3v) is 4.36. The minimum atomic E-state index is -0.227. The molecule has 1 aromatic rings. The molecule has 0 unspecified atom stereocenters. The number of piperazine rings is 1. The fourth-order valence-corrected chi connectivity index (χ4v) is 2.78. The van der Waals surface area contributed by atoms with Crippen LogP contribution in [-0.4, -0.2) is 61.5 Å². The summed E-state index contributed by atoms with van der Waals surface area (Å²) >= 11 is 1.61. The van der Waals surface area contributed by atoms with Gasteiger partial charge in [0.1, 0.15) is 0 Å². The Morgan fingerprint density at radius 3 is 2.67 bits per heavy atom. The summed E-state index contributed by atoms with van der Waals surface area (Å²) in [5, 5.41) is 7.47. The van der Waals surface area contributed by atoms with Crippen LogP contribution in [0.4, 0.5) is 4.79 Å². The van der Waals surface area contributed by atoms with E-state index in [9.17, 15) is 9.59 Å². The first-order valence-corrected chi connectivity index (χ1v) is 8.03. The molecule has 7 heteroatoms. The molecule has 2 N–H and O–H groups in total. The van der Waals surface area contributed by atoms with E-state index >= 15 is 0 Å². The summed E-state index contributed by atoms with van der Waals surface area (Å²) in [4.78, 5) is 28.7. The molecule has 1 aliphatic heterocycles. The van der Waals surface area contributed by atoms with Crippen LogP contribution in [0.5, 0.6) is 0 Å². The molecule has 2 heterocycles. The Kier molecular flexibility index (Phi) is 6.01. The minimum Gasteiger partial charge on any atom is -0.340 e. The lowest BCUT2D eigenvalue weighted by atomic mass is 10.3. The summed E-state index contributed by atoms with van der Waals surface area (Å²) in [6, 6.07) is 3.70. The molecule has 0 aliphatic carbocycles. The van der Waals surface area contributed by atoms with Crippen LogP contribution >= 0.6 is 11.3 Å². The number of carbonyl (C=O) groups is 2. The number of amides is 3. The molecule has 0 spiro atoms. The number of carbonyl (C=O) groups excluding carboxylic acids is 2.